The highest BCUT2D eigenvalue weighted by Crippen LogP contribution is 2.18. The summed E-state index contributed by atoms with van der Waals surface area (Å²) in [5.74, 6) is 2.43. The molecular weight excluding hydrogens is 352 g/mol. The summed E-state index contributed by atoms with van der Waals surface area (Å²) in [6.45, 7) is 2.58. The van der Waals surface area contributed by atoms with Gasteiger partial charge in [-0.2, -0.15) is 4.98 Å². The van der Waals surface area contributed by atoms with Gasteiger partial charge in [-0.1, -0.05) is 12.1 Å². The van der Waals surface area contributed by atoms with Crippen LogP contribution in [0.2, 0.25) is 0 Å². The number of aryl methyl sites for hydroxylation is 1. The van der Waals surface area contributed by atoms with E-state index in [1.165, 1.54) is 5.56 Å². The Bertz CT molecular complexity index is 870. The predicted octanol–water partition coefficient (Wildman–Crippen LogP) is 2.05. The Hall–Kier alpha value is -2.35. The van der Waals surface area contributed by atoms with Gasteiger partial charge in [-0.15, -0.1) is 0 Å². The van der Waals surface area contributed by atoms with Gasteiger partial charge in [0, 0.05) is 24.3 Å². The van der Waals surface area contributed by atoms with Crippen LogP contribution < -0.4 is 15.4 Å². The smallest absolute Gasteiger partial charge is 0.224 e. The van der Waals surface area contributed by atoms with Gasteiger partial charge in [0.15, 0.2) is 9.84 Å². The molecule has 0 saturated carbocycles. The lowest BCUT2D eigenvalue weighted by molar-refractivity contribution is 0.414. The van der Waals surface area contributed by atoms with Crippen molar-refractivity contribution in [2.75, 3.05) is 35.8 Å². The average Bonchev–Trinajstić information content (AvgIpc) is 2.93. The first kappa shape index (κ1) is 18.4. The maximum atomic E-state index is 11.6. The SMILES string of the molecule is COc1cccc(CCNc2nc(C)cc(NC3CCS(=O)(=O)C3)n2)c1. The topological polar surface area (TPSA) is 93.2 Å². The van der Waals surface area contributed by atoms with Crippen molar-refractivity contribution in [3.05, 3.63) is 41.6 Å². The van der Waals surface area contributed by atoms with Gasteiger partial charge >= 0.3 is 0 Å². The van der Waals surface area contributed by atoms with Gasteiger partial charge in [0.2, 0.25) is 5.95 Å². The molecule has 1 fully saturated rings. The summed E-state index contributed by atoms with van der Waals surface area (Å²) in [5, 5.41) is 6.45. The maximum Gasteiger partial charge on any atom is 0.224 e. The molecule has 1 atom stereocenters. The third kappa shape index (κ3) is 5.08. The van der Waals surface area contributed by atoms with Crippen LogP contribution in [-0.2, 0) is 16.3 Å². The van der Waals surface area contributed by atoms with Crippen LogP contribution in [0.3, 0.4) is 0 Å². The Balaban J connectivity index is 1.58. The Morgan fingerprint density at radius 2 is 2.12 bits per heavy atom. The number of sulfone groups is 1. The minimum atomic E-state index is -2.92. The number of rotatable bonds is 7. The summed E-state index contributed by atoms with van der Waals surface area (Å²) < 4.78 is 28.4. The van der Waals surface area contributed by atoms with Crippen LogP contribution >= 0.6 is 0 Å². The predicted molar refractivity (Wildman–Crippen MR) is 103 cm³/mol. The van der Waals surface area contributed by atoms with Crippen molar-refractivity contribution < 1.29 is 13.2 Å². The van der Waals surface area contributed by atoms with E-state index in [2.05, 4.69) is 26.7 Å². The summed E-state index contributed by atoms with van der Waals surface area (Å²) in [7, 11) is -1.26. The molecule has 0 spiro atoms. The van der Waals surface area contributed by atoms with E-state index in [1.807, 2.05) is 31.2 Å². The molecule has 1 saturated heterocycles. The molecule has 1 aromatic carbocycles. The molecule has 2 aromatic rings. The van der Waals surface area contributed by atoms with Crippen molar-refractivity contribution in [2.45, 2.75) is 25.8 Å². The fourth-order valence-electron chi connectivity index (χ4n) is 2.99. The first-order valence-corrected chi connectivity index (χ1v) is 10.4. The van der Waals surface area contributed by atoms with E-state index in [0.717, 1.165) is 17.9 Å². The fraction of sp³-hybridized carbons (Fsp3) is 0.444. The minimum Gasteiger partial charge on any atom is -0.497 e. The average molecular weight is 376 g/mol. The van der Waals surface area contributed by atoms with Crippen molar-refractivity contribution in [3.63, 3.8) is 0 Å². The molecule has 1 aliphatic rings. The molecule has 1 aromatic heterocycles. The molecule has 0 aliphatic carbocycles. The Morgan fingerprint density at radius 1 is 1.27 bits per heavy atom. The number of ether oxygens (including phenoxy) is 1. The second-order valence-electron chi connectivity index (χ2n) is 6.49. The van der Waals surface area contributed by atoms with E-state index in [4.69, 9.17) is 4.74 Å². The highest BCUT2D eigenvalue weighted by molar-refractivity contribution is 7.91. The Labute approximate surface area is 154 Å². The summed E-state index contributed by atoms with van der Waals surface area (Å²) in [6, 6.07) is 9.69. The van der Waals surface area contributed by atoms with Gasteiger partial charge in [-0.3, -0.25) is 0 Å². The highest BCUT2D eigenvalue weighted by Gasteiger charge is 2.28. The molecule has 2 N–H and O–H groups in total. The van der Waals surface area contributed by atoms with E-state index in [1.54, 1.807) is 7.11 Å². The Morgan fingerprint density at radius 3 is 2.85 bits per heavy atom. The lowest BCUT2D eigenvalue weighted by atomic mass is 10.1. The number of hydrogen-bond donors (Lipinski definition) is 2. The molecule has 140 valence electrons. The minimum absolute atomic E-state index is 0.0843. The van der Waals surface area contributed by atoms with E-state index < -0.39 is 9.84 Å². The largest absolute Gasteiger partial charge is 0.497 e. The molecule has 0 bridgehead atoms. The number of benzene rings is 1. The first-order valence-electron chi connectivity index (χ1n) is 8.63. The molecule has 3 rings (SSSR count). The molecule has 1 unspecified atom stereocenters. The van der Waals surface area contributed by atoms with E-state index >= 15 is 0 Å². The van der Waals surface area contributed by atoms with Crippen molar-refractivity contribution in [2.24, 2.45) is 0 Å². The van der Waals surface area contributed by atoms with Gasteiger partial charge in [0.1, 0.15) is 11.6 Å². The lowest BCUT2D eigenvalue weighted by Crippen LogP contribution is -2.22. The summed E-state index contributed by atoms with van der Waals surface area (Å²) in [4.78, 5) is 8.85. The fourth-order valence-corrected chi connectivity index (χ4v) is 4.66. The van der Waals surface area contributed by atoms with Crippen LogP contribution in [0.25, 0.3) is 0 Å². The van der Waals surface area contributed by atoms with Crippen molar-refractivity contribution >= 4 is 21.6 Å². The number of nitrogens with one attached hydrogen (secondary N) is 2. The lowest BCUT2D eigenvalue weighted by Gasteiger charge is -2.13. The second kappa shape index (κ2) is 7.90. The summed E-state index contributed by atoms with van der Waals surface area (Å²) in [5.41, 5.74) is 1.99. The highest BCUT2D eigenvalue weighted by atomic mass is 32.2. The number of anilines is 2. The summed E-state index contributed by atoms with van der Waals surface area (Å²) in [6.07, 6.45) is 1.43. The molecule has 2 heterocycles. The summed E-state index contributed by atoms with van der Waals surface area (Å²) >= 11 is 0. The molecule has 8 heteroatoms. The first-order chi connectivity index (χ1) is 12.4. The second-order valence-corrected chi connectivity index (χ2v) is 8.72. The van der Waals surface area contributed by atoms with Crippen molar-refractivity contribution in [1.29, 1.82) is 0 Å². The molecular formula is C18H24N4O3S. The van der Waals surface area contributed by atoms with Crippen LogP contribution in [0, 0.1) is 6.92 Å². The molecule has 26 heavy (non-hydrogen) atoms. The van der Waals surface area contributed by atoms with Gasteiger partial charge < -0.3 is 15.4 Å². The molecule has 1 aliphatic heterocycles. The van der Waals surface area contributed by atoms with Crippen LogP contribution in [-0.4, -0.2) is 49.6 Å². The van der Waals surface area contributed by atoms with E-state index in [0.29, 0.717) is 24.7 Å². The normalized spacial score (nSPS) is 18.5. The number of aromatic nitrogens is 2. The standard InChI is InChI=1S/C18H24N4O3S/c1-13-10-17(21-15-7-9-26(23,24)12-15)22-18(20-13)19-8-6-14-4-3-5-16(11-14)25-2/h3-5,10-11,15H,6-9,12H2,1-2H3,(H2,19,20,21,22). The monoisotopic (exact) mass is 376 g/mol. The van der Waals surface area contributed by atoms with Crippen LogP contribution in [0.15, 0.2) is 30.3 Å². The molecule has 0 amide bonds. The van der Waals surface area contributed by atoms with E-state index in [-0.39, 0.29) is 17.5 Å². The Kier molecular flexibility index (Phi) is 5.61. The van der Waals surface area contributed by atoms with Gasteiger partial charge in [-0.05, 0) is 37.5 Å². The zero-order chi connectivity index (χ0) is 18.6. The molecule has 7 nitrogen and oxygen atoms in total. The zero-order valence-corrected chi connectivity index (χ0v) is 15.8. The number of methoxy groups -OCH3 is 1. The van der Waals surface area contributed by atoms with Crippen molar-refractivity contribution in [1.82, 2.24) is 9.97 Å². The van der Waals surface area contributed by atoms with Crippen LogP contribution in [0.4, 0.5) is 11.8 Å². The van der Waals surface area contributed by atoms with Gasteiger partial charge in [0.05, 0.1) is 18.6 Å². The van der Waals surface area contributed by atoms with Gasteiger partial charge in [-0.25, -0.2) is 13.4 Å². The number of hydrogen-bond acceptors (Lipinski definition) is 7. The van der Waals surface area contributed by atoms with Crippen LogP contribution in [0.5, 0.6) is 5.75 Å². The van der Waals surface area contributed by atoms with Gasteiger partial charge in [0.25, 0.3) is 0 Å². The quantitative estimate of drug-likeness (QED) is 0.764. The van der Waals surface area contributed by atoms with Crippen molar-refractivity contribution in [3.8, 4) is 5.75 Å². The third-order valence-electron chi connectivity index (χ3n) is 4.27. The zero-order valence-electron chi connectivity index (χ0n) is 15.0. The van der Waals surface area contributed by atoms with Crippen LogP contribution in [0.1, 0.15) is 17.7 Å². The third-order valence-corrected chi connectivity index (χ3v) is 6.04. The van der Waals surface area contributed by atoms with E-state index in [9.17, 15) is 8.42 Å². The molecule has 0 radical (unpaired) electrons. The maximum absolute atomic E-state index is 11.6. The number of nitrogens with zero attached hydrogens (tertiary/aromatic N) is 2.